The molecular weight excluding hydrogens is 867 g/mol. The zero-order valence-corrected chi connectivity index (χ0v) is 38.8. The van der Waals surface area contributed by atoms with Crippen molar-refractivity contribution in [1.82, 2.24) is 0 Å². The lowest BCUT2D eigenvalue weighted by Crippen LogP contribution is -2.29. The minimum atomic E-state index is -0.686. The summed E-state index contributed by atoms with van der Waals surface area (Å²) in [7, 11) is 0. The number of fused-ring (bicyclic) bond motifs is 21. The number of para-hydroxylation sites is 2. The monoisotopic (exact) mass is 907 g/mol. The average Bonchev–Trinajstić information content (AvgIpc) is 3.87. The molecule has 12 aromatic rings. The maximum atomic E-state index is 7.27. The molecule has 0 saturated heterocycles. The third kappa shape index (κ3) is 5.49. The van der Waals surface area contributed by atoms with Crippen LogP contribution in [0.1, 0.15) is 22.3 Å². The highest BCUT2D eigenvalue weighted by Crippen LogP contribution is 2.64. The molecule has 2 nitrogen and oxygen atoms in total. The smallest absolute Gasteiger partial charge is 0.159 e. The van der Waals surface area contributed by atoms with Gasteiger partial charge in [-0.1, -0.05) is 200 Å². The topological polar surface area (TPSA) is 12.5 Å². The lowest BCUT2D eigenvalue weighted by Gasteiger charge is -2.36. The molecule has 0 radical (unpaired) electrons. The number of ether oxygens (including phenoxy) is 1. The van der Waals surface area contributed by atoms with Crippen LogP contribution in [0.15, 0.2) is 249 Å². The average molecular weight is 908 g/mol. The first kappa shape index (κ1) is 39.3. The van der Waals surface area contributed by atoms with E-state index in [1.165, 1.54) is 81.4 Å². The van der Waals surface area contributed by atoms with Crippen molar-refractivity contribution in [2.45, 2.75) is 5.41 Å². The summed E-state index contributed by atoms with van der Waals surface area (Å²) in [6.45, 7) is 0. The molecule has 0 N–H and O–H groups in total. The van der Waals surface area contributed by atoms with Crippen LogP contribution in [0.5, 0.6) is 11.5 Å². The van der Waals surface area contributed by atoms with E-state index in [1.54, 1.807) is 0 Å². The van der Waals surface area contributed by atoms with Crippen molar-refractivity contribution >= 4 is 48.6 Å². The number of anilines is 3. The Balaban J connectivity index is 1.06. The van der Waals surface area contributed by atoms with Crippen LogP contribution in [0.3, 0.4) is 0 Å². The highest BCUT2D eigenvalue weighted by atomic mass is 32.1. The molecule has 70 heavy (non-hydrogen) atoms. The SMILES string of the molecule is c1ccc(-c2ccc(N(c3ccc4c(c3)C3(c5ccccc5-c5ccccc5-4)c4ccccc4-c4c3ccc3sc5ccccc5c43)c3cccc4c3Oc3ccccc3-c3ccccc3-4)cc2)cc1. The molecule has 2 aliphatic carbocycles. The Kier molecular flexibility index (Phi) is 8.48. The van der Waals surface area contributed by atoms with Crippen molar-refractivity contribution < 1.29 is 4.74 Å². The van der Waals surface area contributed by atoms with Crippen molar-refractivity contribution in [3.05, 3.63) is 271 Å². The number of benzene rings is 11. The fraction of sp³-hybridized carbons (Fsp3) is 0.0149. The summed E-state index contributed by atoms with van der Waals surface area (Å²) in [5.41, 5.74) is 21.8. The minimum absolute atomic E-state index is 0.686. The van der Waals surface area contributed by atoms with E-state index in [2.05, 4.69) is 254 Å². The molecule has 1 aliphatic heterocycles. The lowest BCUT2D eigenvalue weighted by atomic mass is 9.65. The Morgan fingerprint density at radius 1 is 0.343 bits per heavy atom. The second kappa shape index (κ2) is 15.1. The van der Waals surface area contributed by atoms with Gasteiger partial charge >= 0.3 is 0 Å². The van der Waals surface area contributed by atoms with Crippen molar-refractivity contribution in [2.24, 2.45) is 0 Å². The zero-order valence-electron chi connectivity index (χ0n) is 37.9. The van der Waals surface area contributed by atoms with Crippen molar-refractivity contribution in [1.29, 1.82) is 0 Å². The van der Waals surface area contributed by atoms with Gasteiger partial charge in [-0.25, -0.2) is 0 Å². The predicted molar refractivity (Wildman–Crippen MR) is 292 cm³/mol. The normalized spacial score (nSPS) is 14.5. The second-order valence-corrected chi connectivity index (χ2v) is 19.7. The summed E-state index contributed by atoms with van der Waals surface area (Å²) in [5.74, 6) is 1.65. The molecule has 11 aromatic carbocycles. The van der Waals surface area contributed by atoms with E-state index in [9.17, 15) is 0 Å². The van der Waals surface area contributed by atoms with Crippen LogP contribution >= 0.6 is 11.3 Å². The van der Waals surface area contributed by atoms with Gasteiger partial charge in [0.2, 0.25) is 0 Å². The maximum absolute atomic E-state index is 7.27. The van der Waals surface area contributed by atoms with Gasteiger partial charge in [0.25, 0.3) is 0 Å². The Morgan fingerprint density at radius 3 is 1.67 bits per heavy atom. The van der Waals surface area contributed by atoms with E-state index in [0.29, 0.717) is 0 Å². The molecule has 0 bridgehead atoms. The Labute approximate surface area is 410 Å². The first-order chi connectivity index (χ1) is 34.7. The predicted octanol–water partition coefficient (Wildman–Crippen LogP) is 18.6. The molecule has 1 spiro atoms. The molecule has 15 rings (SSSR count). The fourth-order valence-corrected chi connectivity index (χ4v) is 13.4. The quantitative estimate of drug-likeness (QED) is 0.174. The van der Waals surface area contributed by atoms with Gasteiger partial charge in [0.05, 0.1) is 11.1 Å². The zero-order chi connectivity index (χ0) is 45.9. The number of thiophene rings is 1. The highest BCUT2D eigenvalue weighted by Gasteiger charge is 2.50. The minimum Gasteiger partial charge on any atom is -0.454 e. The highest BCUT2D eigenvalue weighted by molar-refractivity contribution is 7.26. The third-order valence-electron chi connectivity index (χ3n) is 15.1. The lowest BCUT2D eigenvalue weighted by molar-refractivity contribution is 0.489. The number of hydrogen-bond acceptors (Lipinski definition) is 3. The second-order valence-electron chi connectivity index (χ2n) is 18.6. The Bertz CT molecular complexity index is 4110. The van der Waals surface area contributed by atoms with Gasteiger partial charge in [0.1, 0.15) is 5.75 Å². The van der Waals surface area contributed by atoms with E-state index in [1.807, 2.05) is 11.3 Å². The molecule has 1 unspecified atom stereocenters. The maximum Gasteiger partial charge on any atom is 0.159 e. The fourth-order valence-electron chi connectivity index (χ4n) is 12.2. The summed E-state index contributed by atoms with van der Waals surface area (Å²) in [6, 6.07) is 91.9. The van der Waals surface area contributed by atoms with Crippen molar-refractivity contribution in [3.63, 3.8) is 0 Å². The number of hydrogen-bond donors (Lipinski definition) is 0. The standard InChI is InChI=1S/C67H41NOS/c1-2-17-42(18-3-1)43-33-35-44(36-34-43)68(60-30-16-27-53-49-22-7-6-21-48(49)52-24-10-14-31-61(52)69-66(53)60)45-37-38-51-47-20-5-4-19-46(47)50-23-8-12-28-56(50)67(59(51)41-45)57-29-13-9-25-54(57)64-58(67)39-40-63-65(64)55-26-11-15-32-62(55)70-63/h1-41H. The van der Waals surface area contributed by atoms with Crippen LogP contribution in [0, 0.1) is 0 Å². The summed E-state index contributed by atoms with van der Waals surface area (Å²) >= 11 is 1.89. The summed E-state index contributed by atoms with van der Waals surface area (Å²) in [5, 5.41) is 2.65. The van der Waals surface area contributed by atoms with Crippen molar-refractivity contribution in [2.75, 3.05) is 4.90 Å². The molecule has 3 heteroatoms. The molecule has 0 amide bonds. The summed E-state index contributed by atoms with van der Waals surface area (Å²) < 4.78 is 9.89. The van der Waals surface area contributed by atoms with Crippen LogP contribution in [0.25, 0.3) is 86.9 Å². The first-order valence-corrected chi connectivity index (χ1v) is 24.9. The van der Waals surface area contributed by atoms with Crippen LogP contribution in [0.2, 0.25) is 0 Å². The molecule has 0 fully saturated rings. The Morgan fingerprint density at radius 2 is 0.900 bits per heavy atom. The summed E-state index contributed by atoms with van der Waals surface area (Å²) in [6.07, 6.45) is 0. The van der Waals surface area contributed by atoms with E-state index in [0.717, 1.165) is 56.4 Å². The Hall–Kier alpha value is -8.76. The van der Waals surface area contributed by atoms with Gasteiger partial charge in [-0.2, -0.15) is 0 Å². The molecule has 326 valence electrons. The molecule has 0 saturated carbocycles. The van der Waals surface area contributed by atoms with Crippen LogP contribution in [-0.2, 0) is 5.41 Å². The molecule has 2 heterocycles. The molecule has 3 aliphatic rings. The molecule has 1 aromatic heterocycles. The van der Waals surface area contributed by atoms with Crippen molar-refractivity contribution in [3.8, 4) is 78.3 Å². The first-order valence-electron chi connectivity index (χ1n) is 24.1. The van der Waals surface area contributed by atoms with E-state index in [4.69, 9.17) is 4.74 Å². The van der Waals surface area contributed by atoms with E-state index < -0.39 is 5.41 Å². The van der Waals surface area contributed by atoms with Crippen LogP contribution in [0.4, 0.5) is 17.1 Å². The number of nitrogens with zero attached hydrogens (tertiary/aromatic N) is 1. The van der Waals surface area contributed by atoms with Gasteiger partial charge in [0, 0.05) is 42.7 Å². The van der Waals surface area contributed by atoms with Gasteiger partial charge < -0.3 is 9.64 Å². The van der Waals surface area contributed by atoms with Gasteiger partial charge in [-0.05, 0) is 126 Å². The van der Waals surface area contributed by atoms with Gasteiger partial charge in [0.15, 0.2) is 5.75 Å². The van der Waals surface area contributed by atoms with Crippen LogP contribution < -0.4 is 9.64 Å². The summed E-state index contributed by atoms with van der Waals surface area (Å²) in [4.78, 5) is 2.43. The van der Waals surface area contributed by atoms with E-state index in [-0.39, 0.29) is 0 Å². The number of rotatable bonds is 4. The third-order valence-corrected chi connectivity index (χ3v) is 16.3. The molecular formula is C67H41NOS. The van der Waals surface area contributed by atoms with Gasteiger partial charge in [-0.15, -0.1) is 11.3 Å². The van der Waals surface area contributed by atoms with Crippen LogP contribution in [-0.4, -0.2) is 0 Å². The largest absolute Gasteiger partial charge is 0.454 e. The van der Waals surface area contributed by atoms with E-state index >= 15 is 0 Å². The molecule has 1 atom stereocenters. The van der Waals surface area contributed by atoms with Gasteiger partial charge in [-0.3, -0.25) is 0 Å².